The zero-order valence-electron chi connectivity index (χ0n) is 11.6. The fourth-order valence-electron chi connectivity index (χ4n) is 1.85. The van der Waals surface area contributed by atoms with E-state index in [0.29, 0.717) is 6.54 Å². The molecule has 1 aromatic rings. The van der Waals surface area contributed by atoms with Crippen LogP contribution in [0, 0.1) is 0 Å². The second kappa shape index (κ2) is 5.92. The number of anilines is 1. The largest absolute Gasteiger partial charge is 0.374 e. The van der Waals surface area contributed by atoms with Gasteiger partial charge in [0.2, 0.25) is 0 Å². The lowest BCUT2D eigenvalue weighted by molar-refractivity contribution is 0.601. The normalized spacial score (nSPS) is 15.5. The number of nitrogens with one attached hydrogen (secondary N) is 1. The van der Waals surface area contributed by atoms with Crippen LogP contribution in [0.25, 0.3) is 0 Å². The Labute approximate surface area is 115 Å². The van der Waals surface area contributed by atoms with Gasteiger partial charge in [0.1, 0.15) is 9.84 Å². The smallest absolute Gasteiger partial charge is 0.149 e. The molecule has 1 aliphatic rings. The van der Waals surface area contributed by atoms with Crippen molar-refractivity contribution in [2.75, 3.05) is 30.5 Å². The fraction of sp³-hybridized carbons (Fsp3) is 0.571. The van der Waals surface area contributed by atoms with Crippen molar-refractivity contribution in [3.05, 3.63) is 29.8 Å². The Morgan fingerprint density at radius 2 is 1.89 bits per heavy atom. The van der Waals surface area contributed by atoms with Gasteiger partial charge in [-0.2, -0.15) is 0 Å². The third-order valence-electron chi connectivity index (χ3n) is 3.35. The number of hydrogen-bond acceptors (Lipinski definition) is 4. The van der Waals surface area contributed by atoms with E-state index in [9.17, 15) is 8.42 Å². The van der Waals surface area contributed by atoms with Gasteiger partial charge in [0.25, 0.3) is 0 Å². The first-order valence-electron chi connectivity index (χ1n) is 6.65. The van der Waals surface area contributed by atoms with Crippen LogP contribution in [0.1, 0.15) is 18.4 Å². The molecule has 1 saturated carbocycles. The Morgan fingerprint density at radius 1 is 1.26 bits per heavy atom. The summed E-state index contributed by atoms with van der Waals surface area (Å²) in [6.45, 7) is 1.44. The van der Waals surface area contributed by atoms with Crippen molar-refractivity contribution in [1.29, 1.82) is 0 Å². The van der Waals surface area contributed by atoms with E-state index in [0.717, 1.165) is 18.3 Å². The minimum absolute atomic E-state index is 0.189. The van der Waals surface area contributed by atoms with Crippen LogP contribution in [0.2, 0.25) is 0 Å². The van der Waals surface area contributed by atoms with Crippen molar-refractivity contribution >= 4 is 15.5 Å². The molecule has 5 heteroatoms. The molecule has 0 amide bonds. The fourth-order valence-corrected chi connectivity index (χ4v) is 2.46. The number of benzene rings is 1. The average Bonchev–Trinajstić information content (AvgIpc) is 3.17. The Hall–Kier alpha value is -1.07. The summed E-state index contributed by atoms with van der Waals surface area (Å²) in [7, 11) is -0.979. The van der Waals surface area contributed by atoms with Gasteiger partial charge in [0, 0.05) is 38.1 Å². The molecule has 0 unspecified atom stereocenters. The maximum absolute atomic E-state index is 11.1. The van der Waals surface area contributed by atoms with E-state index in [2.05, 4.69) is 17.4 Å². The SMILES string of the molecule is CN(CCS(C)(=O)=O)c1ccc(CNC2CC2)cc1. The molecule has 1 fully saturated rings. The summed E-state index contributed by atoms with van der Waals surface area (Å²) in [5.41, 5.74) is 2.32. The molecule has 0 spiro atoms. The predicted octanol–water partition coefficient (Wildman–Crippen LogP) is 1.42. The van der Waals surface area contributed by atoms with Crippen molar-refractivity contribution < 1.29 is 8.42 Å². The quantitative estimate of drug-likeness (QED) is 0.822. The predicted molar refractivity (Wildman–Crippen MR) is 79.3 cm³/mol. The minimum atomic E-state index is -2.90. The summed E-state index contributed by atoms with van der Waals surface area (Å²) >= 11 is 0. The molecule has 19 heavy (non-hydrogen) atoms. The molecule has 1 N–H and O–H groups in total. The lowest BCUT2D eigenvalue weighted by atomic mass is 10.2. The van der Waals surface area contributed by atoms with E-state index in [4.69, 9.17) is 0 Å². The number of hydrogen-bond donors (Lipinski definition) is 1. The van der Waals surface area contributed by atoms with Gasteiger partial charge < -0.3 is 10.2 Å². The van der Waals surface area contributed by atoms with Gasteiger partial charge in [-0.3, -0.25) is 0 Å². The topological polar surface area (TPSA) is 49.4 Å². The molecule has 0 radical (unpaired) electrons. The third kappa shape index (κ3) is 5.20. The molecular formula is C14H22N2O2S. The van der Waals surface area contributed by atoms with E-state index in [1.165, 1.54) is 24.7 Å². The molecule has 1 aliphatic carbocycles. The van der Waals surface area contributed by atoms with Crippen LogP contribution >= 0.6 is 0 Å². The molecule has 0 aromatic heterocycles. The third-order valence-corrected chi connectivity index (χ3v) is 4.27. The van der Waals surface area contributed by atoms with Crippen LogP contribution in [0.3, 0.4) is 0 Å². The zero-order chi connectivity index (χ0) is 13.9. The highest BCUT2D eigenvalue weighted by Gasteiger charge is 2.19. The van der Waals surface area contributed by atoms with Gasteiger partial charge in [0.15, 0.2) is 0 Å². The van der Waals surface area contributed by atoms with E-state index in [-0.39, 0.29) is 5.75 Å². The average molecular weight is 282 g/mol. The van der Waals surface area contributed by atoms with Crippen LogP contribution in [-0.2, 0) is 16.4 Å². The van der Waals surface area contributed by atoms with Crippen molar-refractivity contribution in [2.45, 2.75) is 25.4 Å². The molecule has 0 heterocycles. The summed E-state index contributed by atoms with van der Waals surface area (Å²) in [6.07, 6.45) is 3.87. The number of sulfone groups is 1. The van der Waals surface area contributed by atoms with Gasteiger partial charge >= 0.3 is 0 Å². The van der Waals surface area contributed by atoms with Crippen molar-refractivity contribution in [3.63, 3.8) is 0 Å². The molecule has 0 bridgehead atoms. The van der Waals surface area contributed by atoms with Crippen LogP contribution in [0.4, 0.5) is 5.69 Å². The lowest BCUT2D eigenvalue weighted by Crippen LogP contribution is -2.24. The second-order valence-corrected chi connectivity index (χ2v) is 7.63. The molecular weight excluding hydrogens is 260 g/mol. The van der Waals surface area contributed by atoms with E-state index in [1.54, 1.807) is 0 Å². The van der Waals surface area contributed by atoms with E-state index in [1.807, 2.05) is 24.1 Å². The van der Waals surface area contributed by atoms with Crippen LogP contribution < -0.4 is 10.2 Å². The minimum Gasteiger partial charge on any atom is -0.374 e. The van der Waals surface area contributed by atoms with Crippen LogP contribution in [0.15, 0.2) is 24.3 Å². The molecule has 106 valence electrons. The second-order valence-electron chi connectivity index (χ2n) is 5.37. The molecule has 0 aliphatic heterocycles. The lowest BCUT2D eigenvalue weighted by Gasteiger charge is -2.19. The summed E-state index contributed by atoms with van der Waals surface area (Å²) in [4.78, 5) is 1.97. The first-order chi connectivity index (χ1) is 8.94. The van der Waals surface area contributed by atoms with Crippen molar-refractivity contribution in [2.24, 2.45) is 0 Å². The number of nitrogens with zero attached hydrogens (tertiary/aromatic N) is 1. The van der Waals surface area contributed by atoms with Gasteiger partial charge in [-0.15, -0.1) is 0 Å². The maximum atomic E-state index is 11.1. The Morgan fingerprint density at radius 3 is 2.42 bits per heavy atom. The highest BCUT2D eigenvalue weighted by Crippen LogP contribution is 2.20. The maximum Gasteiger partial charge on any atom is 0.149 e. The van der Waals surface area contributed by atoms with E-state index < -0.39 is 9.84 Å². The van der Waals surface area contributed by atoms with Gasteiger partial charge in [0.05, 0.1) is 5.75 Å². The Kier molecular flexibility index (Phi) is 4.47. The first kappa shape index (κ1) is 14.3. The van der Waals surface area contributed by atoms with E-state index >= 15 is 0 Å². The summed E-state index contributed by atoms with van der Waals surface area (Å²) in [6, 6.07) is 9.01. The standard InChI is InChI=1S/C14H22N2O2S/c1-16(9-10-19(2,17)18)14-7-3-12(4-8-14)11-15-13-5-6-13/h3-4,7-8,13,15H,5-6,9-11H2,1-2H3. The van der Waals surface area contributed by atoms with Crippen molar-refractivity contribution in [1.82, 2.24) is 5.32 Å². The Bertz CT molecular complexity index is 507. The van der Waals surface area contributed by atoms with Gasteiger partial charge in [-0.25, -0.2) is 8.42 Å². The highest BCUT2D eigenvalue weighted by molar-refractivity contribution is 7.90. The first-order valence-corrected chi connectivity index (χ1v) is 8.71. The highest BCUT2D eigenvalue weighted by atomic mass is 32.2. The Balaban J connectivity index is 1.85. The summed E-state index contributed by atoms with van der Waals surface area (Å²) < 4.78 is 22.3. The molecule has 4 nitrogen and oxygen atoms in total. The molecule has 2 rings (SSSR count). The summed E-state index contributed by atoms with van der Waals surface area (Å²) in [5.74, 6) is 0.189. The van der Waals surface area contributed by atoms with Gasteiger partial charge in [-0.05, 0) is 30.5 Å². The number of rotatable bonds is 7. The monoisotopic (exact) mass is 282 g/mol. The van der Waals surface area contributed by atoms with Crippen molar-refractivity contribution in [3.8, 4) is 0 Å². The van der Waals surface area contributed by atoms with Gasteiger partial charge in [-0.1, -0.05) is 12.1 Å². The molecule has 0 saturated heterocycles. The van der Waals surface area contributed by atoms with Crippen LogP contribution in [-0.4, -0.2) is 40.1 Å². The molecule has 1 aromatic carbocycles. The van der Waals surface area contributed by atoms with Crippen LogP contribution in [0.5, 0.6) is 0 Å². The zero-order valence-corrected chi connectivity index (χ0v) is 12.4. The summed E-state index contributed by atoms with van der Waals surface area (Å²) in [5, 5.41) is 3.47. The molecule has 0 atom stereocenters.